The standard InChI is InChI=1S/C27H48O4/c1-3-5-7-9-11-12-13-14-16-18-20-25-31-27(29)23-21-22-26(28)30-24-19-17-15-10-8-6-4-2/h3-17,19,21-25H2,1-2H3. The highest BCUT2D eigenvalue weighted by molar-refractivity contribution is 5.72. The maximum atomic E-state index is 11.7. The van der Waals surface area contributed by atoms with Crippen molar-refractivity contribution in [3.8, 4) is 11.8 Å². The van der Waals surface area contributed by atoms with Crippen LogP contribution in [0.5, 0.6) is 0 Å². The van der Waals surface area contributed by atoms with E-state index in [0.29, 0.717) is 13.0 Å². The Labute approximate surface area is 192 Å². The predicted octanol–water partition coefficient (Wildman–Crippen LogP) is 7.53. The molecule has 0 spiro atoms. The molecule has 0 aromatic rings. The van der Waals surface area contributed by atoms with Crippen LogP contribution in [-0.2, 0) is 19.1 Å². The van der Waals surface area contributed by atoms with E-state index in [0.717, 1.165) is 25.7 Å². The lowest BCUT2D eigenvalue weighted by Crippen LogP contribution is -2.09. The van der Waals surface area contributed by atoms with Crippen LogP contribution < -0.4 is 0 Å². The van der Waals surface area contributed by atoms with Crippen molar-refractivity contribution < 1.29 is 19.1 Å². The maximum absolute atomic E-state index is 11.7. The number of hydrogen-bond donors (Lipinski definition) is 0. The SMILES string of the molecule is CCCCCCCCCCC#CCOC(=O)CCCC(=O)OCCCCCCCCC. The molecule has 4 nitrogen and oxygen atoms in total. The van der Waals surface area contributed by atoms with E-state index < -0.39 is 0 Å². The highest BCUT2D eigenvalue weighted by Gasteiger charge is 2.06. The molecule has 0 unspecified atom stereocenters. The van der Waals surface area contributed by atoms with Crippen LogP contribution in [0.25, 0.3) is 0 Å². The summed E-state index contributed by atoms with van der Waals surface area (Å²) in [7, 11) is 0. The summed E-state index contributed by atoms with van der Waals surface area (Å²) >= 11 is 0. The molecule has 0 aliphatic carbocycles. The summed E-state index contributed by atoms with van der Waals surface area (Å²) in [6.07, 6.45) is 20.6. The van der Waals surface area contributed by atoms with Gasteiger partial charge in [0.2, 0.25) is 0 Å². The van der Waals surface area contributed by atoms with Crippen LogP contribution in [-0.4, -0.2) is 25.2 Å². The van der Waals surface area contributed by atoms with Crippen molar-refractivity contribution in [1.29, 1.82) is 0 Å². The van der Waals surface area contributed by atoms with E-state index in [2.05, 4.69) is 25.7 Å². The smallest absolute Gasteiger partial charge is 0.306 e. The molecule has 0 radical (unpaired) electrons. The lowest BCUT2D eigenvalue weighted by molar-refractivity contribution is -0.145. The lowest BCUT2D eigenvalue weighted by Gasteiger charge is -2.05. The summed E-state index contributed by atoms with van der Waals surface area (Å²) in [5.41, 5.74) is 0. The van der Waals surface area contributed by atoms with Crippen molar-refractivity contribution in [3.05, 3.63) is 0 Å². The molecule has 0 aromatic heterocycles. The average Bonchev–Trinajstić information content (AvgIpc) is 2.76. The maximum Gasteiger partial charge on any atom is 0.306 e. The van der Waals surface area contributed by atoms with Gasteiger partial charge in [-0.05, 0) is 19.3 Å². The topological polar surface area (TPSA) is 52.6 Å². The zero-order valence-corrected chi connectivity index (χ0v) is 20.5. The van der Waals surface area contributed by atoms with Crippen molar-refractivity contribution in [2.45, 2.75) is 136 Å². The monoisotopic (exact) mass is 436 g/mol. The van der Waals surface area contributed by atoms with Gasteiger partial charge in [-0.25, -0.2) is 0 Å². The second-order valence-electron chi connectivity index (χ2n) is 8.43. The number of hydrogen-bond acceptors (Lipinski definition) is 4. The zero-order valence-electron chi connectivity index (χ0n) is 20.5. The number of esters is 2. The molecule has 0 bridgehead atoms. The van der Waals surface area contributed by atoms with Gasteiger partial charge in [-0.3, -0.25) is 9.59 Å². The molecule has 0 heterocycles. The molecular formula is C27H48O4. The summed E-state index contributed by atoms with van der Waals surface area (Å²) in [6.45, 7) is 5.10. The van der Waals surface area contributed by atoms with Crippen LogP contribution >= 0.6 is 0 Å². The first-order valence-corrected chi connectivity index (χ1v) is 13.0. The Hall–Kier alpha value is -1.50. The van der Waals surface area contributed by atoms with E-state index in [-0.39, 0.29) is 31.4 Å². The van der Waals surface area contributed by atoms with Crippen LogP contribution in [0.1, 0.15) is 136 Å². The Balaban J connectivity index is 3.40. The van der Waals surface area contributed by atoms with Crippen LogP contribution in [0.2, 0.25) is 0 Å². The first kappa shape index (κ1) is 29.5. The van der Waals surface area contributed by atoms with Crippen molar-refractivity contribution in [2.75, 3.05) is 13.2 Å². The first-order valence-electron chi connectivity index (χ1n) is 13.0. The van der Waals surface area contributed by atoms with Crippen LogP contribution in [0.4, 0.5) is 0 Å². The van der Waals surface area contributed by atoms with Crippen LogP contribution in [0.3, 0.4) is 0 Å². The van der Waals surface area contributed by atoms with Crippen molar-refractivity contribution in [3.63, 3.8) is 0 Å². The van der Waals surface area contributed by atoms with Gasteiger partial charge in [-0.2, -0.15) is 0 Å². The van der Waals surface area contributed by atoms with E-state index >= 15 is 0 Å². The van der Waals surface area contributed by atoms with Crippen LogP contribution in [0.15, 0.2) is 0 Å². The molecular weight excluding hydrogens is 388 g/mol. The Morgan fingerprint density at radius 2 is 1.03 bits per heavy atom. The molecule has 180 valence electrons. The summed E-state index contributed by atoms with van der Waals surface area (Å²) in [5, 5.41) is 0. The minimum atomic E-state index is -0.291. The molecule has 0 saturated carbocycles. The molecule has 0 aromatic carbocycles. The number of carbonyl (C=O) groups is 2. The fraction of sp³-hybridized carbons (Fsp3) is 0.852. The fourth-order valence-electron chi connectivity index (χ4n) is 3.37. The van der Waals surface area contributed by atoms with Gasteiger partial charge in [0.1, 0.15) is 0 Å². The summed E-state index contributed by atoms with van der Waals surface area (Å²) in [6, 6.07) is 0. The molecule has 0 N–H and O–H groups in total. The Bertz CT molecular complexity index is 475. The van der Waals surface area contributed by atoms with Gasteiger partial charge in [0.15, 0.2) is 6.61 Å². The van der Waals surface area contributed by atoms with E-state index in [4.69, 9.17) is 9.47 Å². The predicted molar refractivity (Wildman–Crippen MR) is 129 cm³/mol. The number of unbranched alkanes of at least 4 members (excludes halogenated alkanes) is 14. The Morgan fingerprint density at radius 1 is 0.548 bits per heavy atom. The largest absolute Gasteiger partial charge is 0.466 e. The second-order valence-corrected chi connectivity index (χ2v) is 8.43. The van der Waals surface area contributed by atoms with Crippen molar-refractivity contribution in [1.82, 2.24) is 0 Å². The van der Waals surface area contributed by atoms with E-state index in [1.54, 1.807) is 0 Å². The quantitative estimate of drug-likeness (QED) is 0.106. The van der Waals surface area contributed by atoms with Gasteiger partial charge in [0.05, 0.1) is 6.61 Å². The van der Waals surface area contributed by atoms with Gasteiger partial charge in [0.25, 0.3) is 0 Å². The van der Waals surface area contributed by atoms with E-state index in [1.807, 2.05) is 0 Å². The highest BCUT2D eigenvalue weighted by atomic mass is 16.5. The molecule has 0 rings (SSSR count). The summed E-state index contributed by atoms with van der Waals surface area (Å²) in [5.74, 6) is 5.47. The third-order valence-corrected chi connectivity index (χ3v) is 5.36. The molecule has 0 fully saturated rings. The molecule has 0 aliphatic heterocycles. The second kappa shape index (κ2) is 24.8. The third kappa shape index (κ3) is 24.6. The van der Waals surface area contributed by atoms with Crippen LogP contribution in [0, 0.1) is 11.8 Å². The van der Waals surface area contributed by atoms with Gasteiger partial charge < -0.3 is 9.47 Å². The van der Waals surface area contributed by atoms with E-state index in [1.165, 1.54) is 77.0 Å². The van der Waals surface area contributed by atoms with Crippen molar-refractivity contribution >= 4 is 11.9 Å². The molecule has 0 saturated heterocycles. The normalized spacial score (nSPS) is 10.4. The lowest BCUT2D eigenvalue weighted by atomic mass is 10.1. The highest BCUT2D eigenvalue weighted by Crippen LogP contribution is 2.09. The average molecular weight is 437 g/mol. The van der Waals surface area contributed by atoms with Gasteiger partial charge in [-0.15, -0.1) is 0 Å². The number of rotatable bonds is 21. The number of ether oxygens (including phenoxy) is 2. The molecule has 31 heavy (non-hydrogen) atoms. The minimum Gasteiger partial charge on any atom is -0.466 e. The Morgan fingerprint density at radius 3 is 1.61 bits per heavy atom. The van der Waals surface area contributed by atoms with Gasteiger partial charge in [-0.1, -0.05) is 109 Å². The van der Waals surface area contributed by atoms with E-state index in [9.17, 15) is 9.59 Å². The molecule has 0 atom stereocenters. The minimum absolute atomic E-state index is 0.151. The number of carbonyl (C=O) groups excluding carboxylic acids is 2. The summed E-state index contributed by atoms with van der Waals surface area (Å²) < 4.78 is 10.3. The Kier molecular flexibility index (Phi) is 23.6. The molecule has 0 aliphatic rings. The third-order valence-electron chi connectivity index (χ3n) is 5.36. The molecule has 0 amide bonds. The molecule has 4 heteroatoms. The van der Waals surface area contributed by atoms with Gasteiger partial charge in [0, 0.05) is 19.3 Å². The zero-order chi connectivity index (χ0) is 22.8. The summed E-state index contributed by atoms with van der Waals surface area (Å²) in [4.78, 5) is 23.3. The fourth-order valence-corrected chi connectivity index (χ4v) is 3.37. The first-order chi connectivity index (χ1) is 15.2. The van der Waals surface area contributed by atoms with Crippen molar-refractivity contribution in [2.24, 2.45) is 0 Å². The van der Waals surface area contributed by atoms with Gasteiger partial charge >= 0.3 is 11.9 Å².